The van der Waals surface area contributed by atoms with E-state index in [1.54, 1.807) is 0 Å². The molecule has 122 valence electrons. The van der Waals surface area contributed by atoms with E-state index in [-0.39, 0.29) is 12.8 Å². The summed E-state index contributed by atoms with van der Waals surface area (Å²) in [5.74, 6) is -4.63. The second-order valence-corrected chi connectivity index (χ2v) is 4.72. The van der Waals surface area contributed by atoms with Crippen molar-refractivity contribution < 1.29 is 35.1 Å². The van der Waals surface area contributed by atoms with Gasteiger partial charge in [-0.2, -0.15) is 22.0 Å². The molecule has 0 aliphatic rings. The number of alkyl halides is 8. The molecular formula is C12H18F8. The lowest BCUT2D eigenvalue weighted by Crippen LogP contribution is -2.37. The first-order chi connectivity index (χ1) is 9.07. The van der Waals surface area contributed by atoms with Gasteiger partial charge in [0.15, 0.2) is 6.17 Å². The molecule has 8 heteroatoms. The summed E-state index contributed by atoms with van der Waals surface area (Å²) in [6, 6.07) is 0. The van der Waals surface area contributed by atoms with E-state index in [2.05, 4.69) is 0 Å². The SMILES string of the molecule is FC(F)C(F)(F)C(F)CCCCCCCCC(F)(F)F. The standard InChI is InChI=1S/C12H18F8/c13-9(12(19,20)10(14)15)7-5-3-1-2-4-6-8-11(16,17)18/h9-10H,1-8H2. The third-order valence-electron chi connectivity index (χ3n) is 2.88. The van der Waals surface area contributed by atoms with Crippen molar-refractivity contribution in [1.29, 1.82) is 0 Å². The fraction of sp³-hybridized carbons (Fsp3) is 1.00. The molecule has 0 aliphatic carbocycles. The maximum Gasteiger partial charge on any atom is 0.389 e. The van der Waals surface area contributed by atoms with Gasteiger partial charge in [-0.25, -0.2) is 13.2 Å². The minimum Gasteiger partial charge on any atom is -0.241 e. The van der Waals surface area contributed by atoms with Gasteiger partial charge >= 0.3 is 18.5 Å². The summed E-state index contributed by atoms with van der Waals surface area (Å²) < 4.78 is 96.7. The monoisotopic (exact) mass is 314 g/mol. The molecule has 0 fully saturated rings. The van der Waals surface area contributed by atoms with Crippen molar-refractivity contribution in [2.24, 2.45) is 0 Å². The van der Waals surface area contributed by atoms with E-state index in [9.17, 15) is 35.1 Å². The molecule has 1 atom stereocenters. The van der Waals surface area contributed by atoms with E-state index in [1.165, 1.54) is 0 Å². The predicted octanol–water partition coefficient (Wildman–Crippen LogP) is 5.91. The minimum absolute atomic E-state index is 0.00130. The van der Waals surface area contributed by atoms with Gasteiger partial charge in [0.25, 0.3) is 0 Å². The third kappa shape index (κ3) is 8.58. The molecule has 0 rings (SSSR count). The Morgan fingerprint density at radius 1 is 0.650 bits per heavy atom. The molecule has 0 N–H and O–H groups in total. The van der Waals surface area contributed by atoms with Crippen LogP contribution in [-0.4, -0.2) is 24.7 Å². The van der Waals surface area contributed by atoms with Crippen molar-refractivity contribution in [3.63, 3.8) is 0 Å². The Hall–Kier alpha value is -0.560. The first-order valence-electron chi connectivity index (χ1n) is 6.44. The Morgan fingerprint density at radius 3 is 1.55 bits per heavy atom. The van der Waals surface area contributed by atoms with Gasteiger partial charge in [0.2, 0.25) is 0 Å². The molecule has 20 heavy (non-hydrogen) atoms. The van der Waals surface area contributed by atoms with Crippen molar-refractivity contribution in [2.45, 2.75) is 76.1 Å². The highest BCUT2D eigenvalue weighted by atomic mass is 19.4. The maximum atomic E-state index is 12.8. The summed E-state index contributed by atoms with van der Waals surface area (Å²) in [7, 11) is 0. The molecular weight excluding hydrogens is 296 g/mol. The average Bonchev–Trinajstić information content (AvgIpc) is 2.30. The van der Waals surface area contributed by atoms with E-state index in [0.29, 0.717) is 25.7 Å². The summed E-state index contributed by atoms with van der Waals surface area (Å²) in [5.41, 5.74) is 0. The topological polar surface area (TPSA) is 0 Å². The van der Waals surface area contributed by atoms with Crippen LogP contribution in [0.25, 0.3) is 0 Å². The quantitative estimate of drug-likeness (QED) is 0.347. The Morgan fingerprint density at radius 2 is 1.10 bits per heavy atom. The van der Waals surface area contributed by atoms with Crippen LogP contribution in [0, 0.1) is 0 Å². The highest BCUT2D eigenvalue weighted by Gasteiger charge is 2.48. The molecule has 0 aromatic rings. The van der Waals surface area contributed by atoms with Gasteiger partial charge in [-0.15, -0.1) is 0 Å². The summed E-state index contributed by atoms with van der Waals surface area (Å²) >= 11 is 0. The summed E-state index contributed by atoms with van der Waals surface area (Å²) in [6.07, 6.45) is -10.9. The molecule has 0 saturated carbocycles. The van der Waals surface area contributed by atoms with Crippen LogP contribution in [0.15, 0.2) is 0 Å². The van der Waals surface area contributed by atoms with Gasteiger partial charge in [0.1, 0.15) is 0 Å². The number of unbranched alkanes of at least 4 members (excludes halogenated alkanes) is 5. The number of hydrogen-bond acceptors (Lipinski definition) is 0. The van der Waals surface area contributed by atoms with Crippen LogP contribution < -0.4 is 0 Å². The van der Waals surface area contributed by atoms with Gasteiger partial charge in [0, 0.05) is 6.42 Å². The fourth-order valence-corrected chi connectivity index (χ4v) is 1.69. The molecule has 0 aliphatic heterocycles. The van der Waals surface area contributed by atoms with Crippen LogP contribution in [0.5, 0.6) is 0 Å². The predicted molar refractivity (Wildman–Crippen MR) is 58.8 cm³/mol. The van der Waals surface area contributed by atoms with E-state index < -0.39 is 37.5 Å². The van der Waals surface area contributed by atoms with Gasteiger partial charge in [-0.3, -0.25) is 0 Å². The zero-order chi connectivity index (χ0) is 15.8. The van der Waals surface area contributed by atoms with Crippen molar-refractivity contribution in [2.75, 3.05) is 0 Å². The highest BCUT2D eigenvalue weighted by Crippen LogP contribution is 2.32. The molecule has 1 unspecified atom stereocenters. The van der Waals surface area contributed by atoms with Crippen LogP contribution in [0.3, 0.4) is 0 Å². The average molecular weight is 314 g/mol. The zero-order valence-corrected chi connectivity index (χ0v) is 10.8. The number of rotatable bonds is 10. The second-order valence-electron chi connectivity index (χ2n) is 4.72. The third-order valence-corrected chi connectivity index (χ3v) is 2.88. The first-order valence-corrected chi connectivity index (χ1v) is 6.44. The molecule has 0 amide bonds. The lowest BCUT2D eigenvalue weighted by molar-refractivity contribution is -0.172. The molecule has 0 aromatic carbocycles. The van der Waals surface area contributed by atoms with Crippen LogP contribution in [0.1, 0.15) is 51.4 Å². The Balaban J connectivity index is 3.54. The lowest BCUT2D eigenvalue weighted by Gasteiger charge is -2.19. The number of hydrogen-bond donors (Lipinski definition) is 0. The largest absolute Gasteiger partial charge is 0.389 e. The van der Waals surface area contributed by atoms with Gasteiger partial charge in [-0.1, -0.05) is 32.1 Å². The minimum atomic E-state index is -4.63. The Labute approximate surface area is 112 Å². The van der Waals surface area contributed by atoms with Crippen LogP contribution in [0.4, 0.5) is 35.1 Å². The molecule has 0 nitrogen and oxygen atoms in total. The van der Waals surface area contributed by atoms with Crippen molar-refractivity contribution >= 4 is 0 Å². The molecule has 0 heterocycles. The normalized spacial score (nSPS) is 14.8. The Bertz CT molecular complexity index is 248. The molecule has 0 aromatic heterocycles. The Kier molecular flexibility index (Phi) is 8.42. The van der Waals surface area contributed by atoms with E-state index in [0.717, 1.165) is 0 Å². The van der Waals surface area contributed by atoms with Crippen LogP contribution in [-0.2, 0) is 0 Å². The van der Waals surface area contributed by atoms with Crippen molar-refractivity contribution in [1.82, 2.24) is 0 Å². The smallest absolute Gasteiger partial charge is 0.241 e. The van der Waals surface area contributed by atoms with E-state index in [1.807, 2.05) is 0 Å². The van der Waals surface area contributed by atoms with Crippen molar-refractivity contribution in [3.05, 3.63) is 0 Å². The molecule has 0 bridgehead atoms. The van der Waals surface area contributed by atoms with Crippen molar-refractivity contribution in [3.8, 4) is 0 Å². The van der Waals surface area contributed by atoms with Crippen LogP contribution in [0.2, 0.25) is 0 Å². The zero-order valence-electron chi connectivity index (χ0n) is 10.8. The van der Waals surface area contributed by atoms with Gasteiger partial charge < -0.3 is 0 Å². The molecule has 0 radical (unpaired) electrons. The fourth-order valence-electron chi connectivity index (χ4n) is 1.69. The number of halogens is 8. The summed E-state index contributed by atoms with van der Waals surface area (Å²) in [5, 5.41) is 0. The lowest BCUT2D eigenvalue weighted by atomic mass is 10.0. The molecule has 0 spiro atoms. The van der Waals surface area contributed by atoms with Gasteiger partial charge in [0.05, 0.1) is 0 Å². The summed E-state index contributed by atoms with van der Waals surface area (Å²) in [6.45, 7) is 0. The van der Waals surface area contributed by atoms with E-state index >= 15 is 0 Å². The van der Waals surface area contributed by atoms with Crippen LogP contribution >= 0.6 is 0 Å². The second kappa shape index (κ2) is 8.67. The molecule has 0 saturated heterocycles. The van der Waals surface area contributed by atoms with E-state index in [4.69, 9.17) is 0 Å². The first kappa shape index (κ1) is 19.4. The maximum absolute atomic E-state index is 12.8. The summed E-state index contributed by atoms with van der Waals surface area (Å²) in [4.78, 5) is 0. The highest BCUT2D eigenvalue weighted by molar-refractivity contribution is 4.79. The van der Waals surface area contributed by atoms with Gasteiger partial charge in [-0.05, 0) is 12.8 Å².